The van der Waals surface area contributed by atoms with Crippen LogP contribution in [0.15, 0.2) is 45.7 Å². The number of rotatable bonds is 7. The second-order valence-electron chi connectivity index (χ2n) is 5.95. The third-order valence-electron chi connectivity index (χ3n) is 3.86. The number of ether oxygens (including phenoxy) is 1. The Bertz CT molecular complexity index is 956. The molecule has 1 saturated heterocycles. The topological polar surface area (TPSA) is 88.9 Å². The molecular formula is C19H16F2N2O5S. The number of furan rings is 1. The molecule has 1 aliphatic heterocycles. The average Bonchev–Trinajstić information content (AvgIpc) is 3.21. The van der Waals surface area contributed by atoms with E-state index in [0.29, 0.717) is 11.3 Å². The molecule has 0 saturated carbocycles. The van der Waals surface area contributed by atoms with Crippen molar-refractivity contribution >= 4 is 34.9 Å². The minimum atomic E-state index is -2.92. The third-order valence-corrected chi connectivity index (χ3v) is 4.77. The quantitative estimate of drug-likeness (QED) is 0.685. The number of carbonyl (C=O) groups excluding carboxylic acids is 3. The summed E-state index contributed by atoms with van der Waals surface area (Å²) in [6.07, 6.45) is 1.49. The summed E-state index contributed by atoms with van der Waals surface area (Å²) in [6.45, 7) is -1.13. The van der Waals surface area contributed by atoms with E-state index in [0.717, 1.165) is 16.7 Å². The van der Waals surface area contributed by atoms with Crippen molar-refractivity contribution in [2.24, 2.45) is 0 Å². The normalized spacial score (nSPS) is 15.4. The molecule has 1 aromatic carbocycles. The average molecular weight is 422 g/mol. The summed E-state index contributed by atoms with van der Waals surface area (Å²) in [7, 11) is 0. The third kappa shape index (κ3) is 5.23. The predicted molar refractivity (Wildman–Crippen MR) is 102 cm³/mol. The summed E-state index contributed by atoms with van der Waals surface area (Å²) >= 11 is 0.766. The number of amides is 3. The van der Waals surface area contributed by atoms with Gasteiger partial charge in [0.2, 0.25) is 0 Å². The lowest BCUT2D eigenvalue weighted by atomic mass is 10.2. The number of nitrogens with zero attached hydrogens (tertiary/aromatic N) is 1. The molecule has 1 fully saturated rings. The first-order chi connectivity index (χ1) is 13.8. The smallest absolute Gasteiger partial charge is 0.387 e. The number of hydrogen-bond acceptors (Lipinski definition) is 6. The van der Waals surface area contributed by atoms with Crippen molar-refractivity contribution in [2.45, 2.75) is 13.5 Å². The van der Waals surface area contributed by atoms with E-state index >= 15 is 0 Å². The molecule has 10 heteroatoms. The van der Waals surface area contributed by atoms with E-state index in [1.165, 1.54) is 36.4 Å². The highest BCUT2D eigenvalue weighted by atomic mass is 32.2. The van der Waals surface area contributed by atoms with Crippen molar-refractivity contribution in [1.29, 1.82) is 0 Å². The van der Waals surface area contributed by atoms with E-state index in [1.807, 2.05) is 0 Å². The maximum Gasteiger partial charge on any atom is 0.387 e. The number of alkyl halides is 2. The summed E-state index contributed by atoms with van der Waals surface area (Å²) in [4.78, 5) is 37.7. The second-order valence-corrected chi connectivity index (χ2v) is 6.94. The van der Waals surface area contributed by atoms with E-state index in [2.05, 4.69) is 10.1 Å². The number of hydrogen-bond donors (Lipinski definition) is 1. The lowest BCUT2D eigenvalue weighted by molar-refractivity contribution is -0.122. The zero-order valence-corrected chi connectivity index (χ0v) is 16.0. The van der Waals surface area contributed by atoms with E-state index in [9.17, 15) is 23.2 Å². The highest BCUT2D eigenvalue weighted by Crippen LogP contribution is 2.32. The van der Waals surface area contributed by atoms with Gasteiger partial charge in [0.25, 0.3) is 17.1 Å². The number of imide groups is 1. The van der Waals surface area contributed by atoms with Crippen LogP contribution in [-0.4, -0.2) is 41.7 Å². The van der Waals surface area contributed by atoms with Crippen molar-refractivity contribution in [3.05, 3.63) is 58.4 Å². The van der Waals surface area contributed by atoms with Gasteiger partial charge in [0, 0.05) is 13.1 Å². The number of aryl methyl sites for hydroxylation is 1. The van der Waals surface area contributed by atoms with Crippen LogP contribution in [-0.2, 0) is 4.79 Å². The van der Waals surface area contributed by atoms with Crippen LogP contribution in [0.4, 0.5) is 13.6 Å². The van der Waals surface area contributed by atoms with Gasteiger partial charge < -0.3 is 14.5 Å². The molecule has 0 unspecified atom stereocenters. The fourth-order valence-electron chi connectivity index (χ4n) is 2.51. The predicted octanol–water partition coefficient (Wildman–Crippen LogP) is 3.66. The number of carbonyl (C=O) groups is 3. The van der Waals surface area contributed by atoms with Gasteiger partial charge >= 0.3 is 6.61 Å². The van der Waals surface area contributed by atoms with Gasteiger partial charge in [-0.05, 0) is 54.6 Å². The molecule has 1 N–H and O–H groups in total. The largest absolute Gasteiger partial charge is 0.456 e. The molecule has 7 nitrogen and oxygen atoms in total. The van der Waals surface area contributed by atoms with Crippen LogP contribution in [0.1, 0.15) is 21.9 Å². The molecule has 0 atom stereocenters. The van der Waals surface area contributed by atoms with E-state index in [-0.39, 0.29) is 29.5 Å². The molecule has 0 spiro atoms. The molecule has 29 heavy (non-hydrogen) atoms. The standard InChI is InChI=1S/C19H16F2N2O5S/c1-11-2-7-14(27-11)16(24)22-8-9-23-17(25)15(29-19(23)26)10-12-3-5-13(6-4-12)28-18(20)21/h2-7,10,18H,8-9H2,1H3,(H,22,24)/b15-10+. The molecule has 152 valence electrons. The van der Waals surface area contributed by atoms with E-state index in [1.54, 1.807) is 13.0 Å². The molecule has 2 aromatic rings. The zero-order chi connectivity index (χ0) is 21.0. The second kappa shape index (κ2) is 8.91. The van der Waals surface area contributed by atoms with Crippen LogP contribution in [0.5, 0.6) is 5.75 Å². The Kier molecular flexibility index (Phi) is 6.32. The van der Waals surface area contributed by atoms with E-state index in [4.69, 9.17) is 4.42 Å². The van der Waals surface area contributed by atoms with E-state index < -0.39 is 23.7 Å². The lowest BCUT2D eigenvalue weighted by Crippen LogP contribution is -2.37. The van der Waals surface area contributed by atoms with Crippen LogP contribution in [0, 0.1) is 6.92 Å². The van der Waals surface area contributed by atoms with Crippen LogP contribution in [0.3, 0.4) is 0 Å². The highest BCUT2D eigenvalue weighted by Gasteiger charge is 2.34. The Balaban J connectivity index is 1.57. The summed E-state index contributed by atoms with van der Waals surface area (Å²) < 4.78 is 33.8. The Morgan fingerprint density at radius 1 is 1.24 bits per heavy atom. The molecule has 0 aliphatic carbocycles. The maximum atomic E-state index is 12.4. The zero-order valence-electron chi connectivity index (χ0n) is 15.2. The van der Waals surface area contributed by atoms with Crippen molar-refractivity contribution in [1.82, 2.24) is 10.2 Å². The van der Waals surface area contributed by atoms with Gasteiger partial charge in [-0.3, -0.25) is 19.3 Å². The van der Waals surface area contributed by atoms with Crippen LogP contribution >= 0.6 is 11.8 Å². The molecule has 0 bridgehead atoms. The van der Waals surface area contributed by atoms with Gasteiger partial charge in [0.15, 0.2) is 5.76 Å². The Hall–Kier alpha value is -3.14. The monoisotopic (exact) mass is 422 g/mol. The van der Waals surface area contributed by atoms with Crippen molar-refractivity contribution in [3.63, 3.8) is 0 Å². The first-order valence-corrected chi connectivity index (χ1v) is 9.30. The Labute approximate surface area is 168 Å². The number of thioether (sulfide) groups is 1. The molecule has 1 aromatic heterocycles. The summed E-state index contributed by atoms with van der Waals surface area (Å²) in [5.74, 6) is -0.189. The van der Waals surface area contributed by atoms with Gasteiger partial charge in [-0.15, -0.1) is 0 Å². The first kappa shape index (κ1) is 20.6. The van der Waals surface area contributed by atoms with Gasteiger partial charge in [-0.2, -0.15) is 8.78 Å². The molecule has 0 radical (unpaired) electrons. The Morgan fingerprint density at radius 3 is 2.59 bits per heavy atom. The molecule has 3 rings (SSSR count). The molecular weight excluding hydrogens is 406 g/mol. The van der Waals surface area contributed by atoms with Crippen LogP contribution in [0.25, 0.3) is 6.08 Å². The van der Waals surface area contributed by atoms with Gasteiger partial charge in [-0.1, -0.05) is 12.1 Å². The summed E-state index contributed by atoms with van der Waals surface area (Å²) in [5, 5.41) is 2.13. The Morgan fingerprint density at radius 2 is 1.97 bits per heavy atom. The minimum Gasteiger partial charge on any atom is -0.456 e. The lowest BCUT2D eigenvalue weighted by Gasteiger charge is -2.12. The van der Waals surface area contributed by atoms with Crippen LogP contribution in [0.2, 0.25) is 0 Å². The number of nitrogens with one attached hydrogen (secondary N) is 1. The minimum absolute atomic E-state index is 0.00672. The van der Waals surface area contributed by atoms with Crippen LogP contribution < -0.4 is 10.1 Å². The molecule has 2 heterocycles. The van der Waals surface area contributed by atoms with Crippen molar-refractivity contribution < 1.29 is 32.3 Å². The fourth-order valence-corrected chi connectivity index (χ4v) is 3.38. The summed E-state index contributed by atoms with van der Waals surface area (Å²) in [6, 6.07) is 8.87. The summed E-state index contributed by atoms with van der Waals surface area (Å²) in [5.41, 5.74) is 0.554. The van der Waals surface area contributed by atoms with Gasteiger partial charge in [0.05, 0.1) is 4.91 Å². The molecule has 3 amide bonds. The van der Waals surface area contributed by atoms with Crippen molar-refractivity contribution in [3.8, 4) is 5.75 Å². The number of benzene rings is 1. The van der Waals surface area contributed by atoms with Crippen molar-refractivity contribution in [2.75, 3.05) is 13.1 Å². The fraction of sp³-hybridized carbons (Fsp3) is 0.211. The SMILES string of the molecule is Cc1ccc(C(=O)NCCN2C(=O)S/C(=C/c3ccc(OC(F)F)cc3)C2=O)o1. The number of halogens is 2. The molecule has 1 aliphatic rings. The van der Waals surface area contributed by atoms with Gasteiger partial charge in [0.1, 0.15) is 11.5 Å². The first-order valence-electron chi connectivity index (χ1n) is 8.48. The maximum absolute atomic E-state index is 12.4. The highest BCUT2D eigenvalue weighted by molar-refractivity contribution is 8.18. The van der Waals surface area contributed by atoms with Gasteiger partial charge in [-0.25, -0.2) is 0 Å².